The number of carbonyl (C=O) groups excluding carboxylic acids is 1. The smallest absolute Gasteiger partial charge is 0.253 e. The Morgan fingerprint density at radius 2 is 2.00 bits per heavy atom. The highest BCUT2D eigenvalue weighted by molar-refractivity contribution is 5.99. The molecule has 0 aliphatic heterocycles. The Kier molecular flexibility index (Phi) is 6.15. The molecule has 0 saturated heterocycles. The minimum atomic E-state index is -0.406. The van der Waals surface area contributed by atoms with Crippen molar-refractivity contribution >= 4 is 11.6 Å². The van der Waals surface area contributed by atoms with Gasteiger partial charge in [-0.25, -0.2) is 4.39 Å². The van der Waals surface area contributed by atoms with E-state index in [0.29, 0.717) is 18.7 Å². The molecule has 1 aromatic rings. The molecular formula is C16H26FN3O. The van der Waals surface area contributed by atoms with Crippen molar-refractivity contribution < 1.29 is 9.18 Å². The van der Waals surface area contributed by atoms with E-state index in [2.05, 4.69) is 29.4 Å². The van der Waals surface area contributed by atoms with Crippen LogP contribution in [0.2, 0.25) is 0 Å². The number of nitrogens with zero attached hydrogens (tertiary/aromatic N) is 1. The largest absolute Gasteiger partial charge is 0.382 e. The molecule has 0 heterocycles. The summed E-state index contributed by atoms with van der Waals surface area (Å²) in [5.41, 5.74) is 0.561. The molecule has 0 atom stereocenters. The summed E-state index contributed by atoms with van der Waals surface area (Å²) in [6.45, 7) is 8.00. The van der Waals surface area contributed by atoms with E-state index in [-0.39, 0.29) is 17.0 Å². The van der Waals surface area contributed by atoms with Crippen LogP contribution in [0.4, 0.5) is 10.1 Å². The van der Waals surface area contributed by atoms with E-state index in [1.807, 2.05) is 21.0 Å². The molecule has 0 unspecified atom stereocenters. The van der Waals surface area contributed by atoms with Gasteiger partial charge in [0.25, 0.3) is 5.91 Å². The monoisotopic (exact) mass is 295 g/mol. The summed E-state index contributed by atoms with van der Waals surface area (Å²) in [4.78, 5) is 14.4. The second-order valence-corrected chi connectivity index (χ2v) is 6.28. The van der Waals surface area contributed by atoms with Crippen molar-refractivity contribution in [3.8, 4) is 0 Å². The molecule has 1 amide bonds. The van der Waals surface area contributed by atoms with Gasteiger partial charge in [0.05, 0.1) is 11.3 Å². The highest BCUT2D eigenvalue weighted by Gasteiger charge is 2.21. The van der Waals surface area contributed by atoms with Crippen molar-refractivity contribution in [2.24, 2.45) is 5.41 Å². The first-order chi connectivity index (χ1) is 9.76. The second-order valence-electron chi connectivity index (χ2n) is 6.28. The van der Waals surface area contributed by atoms with Crippen LogP contribution in [0.5, 0.6) is 0 Å². The third kappa shape index (κ3) is 5.34. The van der Waals surface area contributed by atoms with Crippen molar-refractivity contribution in [1.29, 1.82) is 0 Å². The van der Waals surface area contributed by atoms with Crippen LogP contribution in [0.15, 0.2) is 18.2 Å². The number of hydrogen-bond donors (Lipinski definition) is 2. The van der Waals surface area contributed by atoms with E-state index in [0.717, 1.165) is 6.54 Å². The molecule has 0 radical (unpaired) electrons. The molecule has 0 bridgehead atoms. The fraction of sp³-hybridized carbons (Fsp3) is 0.562. The summed E-state index contributed by atoms with van der Waals surface area (Å²) in [6, 6.07) is 4.54. The minimum Gasteiger partial charge on any atom is -0.382 e. The lowest BCUT2D eigenvalue weighted by Gasteiger charge is -2.28. The van der Waals surface area contributed by atoms with Gasteiger partial charge >= 0.3 is 0 Å². The highest BCUT2D eigenvalue weighted by atomic mass is 19.1. The number of hydrogen-bond acceptors (Lipinski definition) is 3. The molecular weight excluding hydrogens is 269 g/mol. The van der Waals surface area contributed by atoms with E-state index in [9.17, 15) is 9.18 Å². The lowest BCUT2D eigenvalue weighted by atomic mass is 9.93. The van der Waals surface area contributed by atoms with E-state index in [1.165, 1.54) is 6.07 Å². The Balaban J connectivity index is 2.79. The van der Waals surface area contributed by atoms with Crippen molar-refractivity contribution in [3.05, 3.63) is 29.6 Å². The van der Waals surface area contributed by atoms with Crippen molar-refractivity contribution in [2.75, 3.05) is 39.0 Å². The van der Waals surface area contributed by atoms with Crippen LogP contribution in [0.1, 0.15) is 31.1 Å². The third-order valence-corrected chi connectivity index (χ3v) is 3.08. The summed E-state index contributed by atoms with van der Waals surface area (Å²) in [6.07, 6.45) is 0. The molecule has 118 valence electrons. The van der Waals surface area contributed by atoms with Crippen LogP contribution >= 0.6 is 0 Å². The predicted octanol–water partition coefficient (Wildman–Crippen LogP) is 2.58. The van der Waals surface area contributed by atoms with Gasteiger partial charge in [0.1, 0.15) is 5.82 Å². The highest BCUT2D eigenvalue weighted by Crippen LogP contribution is 2.20. The quantitative estimate of drug-likeness (QED) is 0.812. The normalized spacial score (nSPS) is 11.6. The fourth-order valence-corrected chi connectivity index (χ4v) is 2.40. The molecule has 0 aliphatic rings. The lowest BCUT2D eigenvalue weighted by molar-refractivity contribution is 0.0929. The van der Waals surface area contributed by atoms with Gasteiger partial charge < -0.3 is 15.5 Å². The van der Waals surface area contributed by atoms with Crippen molar-refractivity contribution in [3.63, 3.8) is 0 Å². The number of carbonyl (C=O) groups is 1. The standard InChI is InChI=1S/C16H26FN3O/c1-6-18-14-12(8-7-9-13(14)17)15(21)19-10-16(2,3)11-20(4)5/h7-9,18H,6,10-11H2,1-5H3,(H,19,21). The SMILES string of the molecule is CCNc1c(F)cccc1C(=O)NCC(C)(C)CN(C)C. The molecule has 0 aromatic heterocycles. The van der Waals surface area contributed by atoms with Gasteiger partial charge in [0, 0.05) is 19.6 Å². The summed E-state index contributed by atoms with van der Waals surface area (Å²) in [5.74, 6) is -0.658. The summed E-state index contributed by atoms with van der Waals surface area (Å²) < 4.78 is 13.8. The van der Waals surface area contributed by atoms with Gasteiger partial charge in [-0.05, 0) is 38.6 Å². The van der Waals surface area contributed by atoms with Crippen LogP contribution in [0, 0.1) is 11.2 Å². The molecule has 1 aromatic carbocycles. The van der Waals surface area contributed by atoms with Crippen LogP contribution in [-0.4, -0.2) is 44.5 Å². The topological polar surface area (TPSA) is 44.4 Å². The van der Waals surface area contributed by atoms with Crippen LogP contribution in [0.25, 0.3) is 0 Å². The molecule has 0 spiro atoms. The van der Waals surface area contributed by atoms with Gasteiger partial charge in [0.15, 0.2) is 0 Å². The van der Waals surface area contributed by atoms with Gasteiger partial charge in [0.2, 0.25) is 0 Å². The van der Waals surface area contributed by atoms with Crippen molar-refractivity contribution in [2.45, 2.75) is 20.8 Å². The third-order valence-electron chi connectivity index (χ3n) is 3.08. The summed E-state index contributed by atoms with van der Waals surface area (Å²) in [5, 5.41) is 5.81. The van der Waals surface area contributed by atoms with Crippen molar-refractivity contribution in [1.82, 2.24) is 10.2 Å². The number of nitrogens with one attached hydrogen (secondary N) is 2. The predicted molar refractivity (Wildman–Crippen MR) is 85.2 cm³/mol. The zero-order chi connectivity index (χ0) is 16.0. The van der Waals surface area contributed by atoms with E-state index < -0.39 is 5.82 Å². The van der Waals surface area contributed by atoms with Crippen LogP contribution < -0.4 is 10.6 Å². The maximum absolute atomic E-state index is 13.8. The maximum atomic E-state index is 13.8. The average molecular weight is 295 g/mol. The van der Waals surface area contributed by atoms with Gasteiger partial charge in [-0.1, -0.05) is 19.9 Å². The number of para-hydroxylation sites is 1. The first kappa shape index (κ1) is 17.4. The molecule has 5 heteroatoms. The lowest BCUT2D eigenvalue weighted by Crippen LogP contribution is -2.40. The number of amides is 1. The van der Waals surface area contributed by atoms with Crippen LogP contribution in [0.3, 0.4) is 0 Å². The summed E-state index contributed by atoms with van der Waals surface area (Å²) in [7, 11) is 4.00. The van der Waals surface area contributed by atoms with Crippen LogP contribution in [-0.2, 0) is 0 Å². The summed E-state index contributed by atoms with van der Waals surface area (Å²) >= 11 is 0. The molecule has 21 heavy (non-hydrogen) atoms. The molecule has 0 saturated carbocycles. The molecule has 2 N–H and O–H groups in total. The zero-order valence-electron chi connectivity index (χ0n) is 13.6. The van der Waals surface area contributed by atoms with E-state index in [4.69, 9.17) is 0 Å². The molecule has 0 aliphatic carbocycles. The molecule has 0 fully saturated rings. The van der Waals surface area contributed by atoms with Gasteiger partial charge in [-0.2, -0.15) is 0 Å². The zero-order valence-corrected chi connectivity index (χ0v) is 13.6. The average Bonchev–Trinajstić information content (AvgIpc) is 2.37. The number of halogens is 1. The van der Waals surface area contributed by atoms with Gasteiger partial charge in [-0.15, -0.1) is 0 Å². The Morgan fingerprint density at radius 1 is 1.33 bits per heavy atom. The fourth-order valence-electron chi connectivity index (χ4n) is 2.40. The number of benzene rings is 1. The Bertz CT molecular complexity index is 486. The molecule has 4 nitrogen and oxygen atoms in total. The van der Waals surface area contributed by atoms with E-state index in [1.54, 1.807) is 12.1 Å². The minimum absolute atomic E-state index is 0.0508. The first-order valence-electron chi connectivity index (χ1n) is 7.22. The van der Waals surface area contributed by atoms with Gasteiger partial charge in [-0.3, -0.25) is 4.79 Å². The Morgan fingerprint density at radius 3 is 2.57 bits per heavy atom. The molecule has 1 rings (SSSR count). The second kappa shape index (κ2) is 7.41. The number of rotatable bonds is 7. The van der Waals surface area contributed by atoms with E-state index >= 15 is 0 Å². The first-order valence-corrected chi connectivity index (χ1v) is 7.22. The maximum Gasteiger partial charge on any atom is 0.253 e. The Hall–Kier alpha value is -1.62. The Labute approximate surface area is 126 Å². The number of anilines is 1.